The highest BCUT2D eigenvalue weighted by molar-refractivity contribution is 5.92. The molecule has 5 fully saturated rings. The van der Waals surface area contributed by atoms with E-state index in [1.54, 1.807) is 7.05 Å². The Balaban J connectivity index is 0.936. The lowest BCUT2D eigenvalue weighted by atomic mass is 10.0. The number of nitrogens with zero attached hydrogens (tertiary/aromatic N) is 5. The lowest BCUT2D eigenvalue weighted by Gasteiger charge is -2.33. The summed E-state index contributed by atoms with van der Waals surface area (Å²) in [5.74, 6) is -4.06. The van der Waals surface area contributed by atoms with E-state index in [-0.39, 0.29) is 56.0 Å². The number of esters is 4. The Hall–Kier alpha value is -6.53. The summed E-state index contributed by atoms with van der Waals surface area (Å²) in [6.07, 6.45) is 2.75. The first kappa shape index (κ1) is 57.6. The molecule has 0 bridgehead atoms. The number of hydrogen-bond acceptors (Lipinski definition) is 15. The molecule has 18 nitrogen and oxygen atoms in total. The largest absolute Gasteiger partial charge is 0.458 e. The molecule has 3 aromatic rings. The van der Waals surface area contributed by atoms with Crippen LogP contribution < -0.4 is 9.80 Å². The van der Waals surface area contributed by atoms with Gasteiger partial charge in [-0.05, 0) is 98.2 Å². The van der Waals surface area contributed by atoms with Gasteiger partial charge in [0.15, 0.2) is 18.3 Å². The van der Waals surface area contributed by atoms with Gasteiger partial charge < -0.3 is 52.9 Å². The van der Waals surface area contributed by atoms with Crippen LogP contribution in [0.3, 0.4) is 0 Å². The first-order valence-corrected chi connectivity index (χ1v) is 28.1. The smallest absolute Gasteiger partial charge is 0.347 e. The fourth-order valence-corrected chi connectivity index (χ4v) is 10.1. The van der Waals surface area contributed by atoms with Crippen molar-refractivity contribution >= 4 is 53.0 Å². The maximum absolute atomic E-state index is 14.9. The summed E-state index contributed by atoms with van der Waals surface area (Å²) in [7, 11) is 4.54. The highest BCUT2D eigenvalue weighted by atomic mass is 16.6. The molecule has 2 aliphatic heterocycles. The van der Waals surface area contributed by atoms with Crippen LogP contribution in [0.2, 0.25) is 0 Å². The molecule has 8 rings (SSSR count). The van der Waals surface area contributed by atoms with Crippen LogP contribution in [0.15, 0.2) is 78.9 Å². The van der Waals surface area contributed by atoms with Gasteiger partial charge in [0.05, 0.1) is 26.4 Å². The molecule has 78 heavy (non-hydrogen) atoms. The van der Waals surface area contributed by atoms with Crippen LogP contribution in [-0.2, 0) is 81.4 Å². The van der Waals surface area contributed by atoms with E-state index in [9.17, 15) is 33.6 Å². The zero-order chi connectivity index (χ0) is 55.3. The Morgan fingerprint density at radius 3 is 1.44 bits per heavy atom. The number of ether oxygens (including phenoxy) is 6. The third-order valence-corrected chi connectivity index (χ3v) is 15.8. The second-order valence-electron chi connectivity index (χ2n) is 21.9. The molecule has 5 aliphatic rings. The van der Waals surface area contributed by atoms with Gasteiger partial charge >= 0.3 is 23.9 Å². The fourth-order valence-electron chi connectivity index (χ4n) is 10.1. The number of benzene rings is 3. The number of aryl methyl sites for hydroxylation is 1. The molecule has 3 aliphatic carbocycles. The Labute approximate surface area is 458 Å². The highest BCUT2D eigenvalue weighted by Crippen LogP contribution is 2.38. The summed E-state index contributed by atoms with van der Waals surface area (Å²) in [5.41, 5.74) is 4.54. The minimum atomic E-state index is -1.44. The number of amides is 3. The van der Waals surface area contributed by atoms with E-state index >= 15 is 0 Å². The van der Waals surface area contributed by atoms with Crippen LogP contribution in [0.4, 0.5) is 11.4 Å². The predicted octanol–water partition coefficient (Wildman–Crippen LogP) is 5.94. The Kier molecular flexibility index (Phi) is 20.2. The SMILES string of the molecule is C[C@@H](OC(=O)[C@H](CC1CC1)N(C)C(=O)[C@@H](Cc1ccc(N2CCOCC2)cc1)OC(=O)[C@H](CC1CC1)N(C)C(=O)[C@@H](C)OC(=O)[C@H](CC1CC1)N(C)C(=O)CCc1ccc(N2CCOCC2)cc1)C(=O)OCc1ccccc1. The Morgan fingerprint density at radius 2 is 0.949 bits per heavy atom. The fraction of sp³-hybridized carbons (Fsp3) is 0.583. The van der Waals surface area contributed by atoms with Gasteiger partial charge in [-0.3, -0.25) is 14.4 Å². The van der Waals surface area contributed by atoms with Gasteiger partial charge in [0.2, 0.25) is 5.91 Å². The standard InChI is InChI=1S/C60H79N5O13/c1-40(76-58(70)50(35-43-11-12-43)61(3)54(66)26-21-42-17-22-48(23-18-42)64-27-31-73-32-28-64)55(67)62(4)52(37-45-15-16-45)60(72)78-53(38-46-19-24-49(25-20-46)65-29-33-74-34-30-65)56(68)63(5)51(36-44-13-14-44)59(71)77-41(2)57(69)75-39-47-9-7-6-8-10-47/h6-10,17-20,22-25,40-41,43-45,50-53H,11-16,21,26-39H2,1-5H3/t40-,41-,50+,51+,52+,53-/m1/s1. The highest BCUT2D eigenvalue weighted by Gasteiger charge is 2.43. The molecule has 3 aromatic carbocycles. The minimum absolute atomic E-state index is 0.00719. The second-order valence-corrected chi connectivity index (χ2v) is 21.9. The van der Waals surface area contributed by atoms with E-state index in [4.69, 9.17) is 28.4 Å². The van der Waals surface area contributed by atoms with Gasteiger partial charge in [-0.2, -0.15) is 0 Å². The van der Waals surface area contributed by atoms with Crippen molar-refractivity contribution in [1.29, 1.82) is 0 Å². The maximum atomic E-state index is 14.9. The average Bonchev–Trinajstić information content (AvgIpc) is 4.32. The molecule has 0 aromatic heterocycles. The first-order valence-electron chi connectivity index (χ1n) is 28.1. The van der Waals surface area contributed by atoms with E-state index in [1.165, 1.54) is 42.6 Å². The summed E-state index contributed by atoms with van der Waals surface area (Å²) in [4.78, 5) is 107. The van der Waals surface area contributed by atoms with Crippen LogP contribution in [0.1, 0.15) is 94.7 Å². The molecule has 0 unspecified atom stereocenters. The molecular formula is C60H79N5O13. The number of hydrogen-bond donors (Lipinski definition) is 0. The van der Waals surface area contributed by atoms with Crippen LogP contribution in [-0.4, -0.2) is 166 Å². The summed E-state index contributed by atoms with van der Waals surface area (Å²) in [5, 5.41) is 0. The summed E-state index contributed by atoms with van der Waals surface area (Å²) >= 11 is 0. The summed E-state index contributed by atoms with van der Waals surface area (Å²) < 4.78 is 34.3. The number of rotatable bonds is 27. The monoisotopic (exact) mass is 1080 g/mol. The van der Waals surface area contributed by atoms with E-state index in [0.717, 1.165) is 87.2 Å². The summed E-state index contributed by atoms with van der Waals surface area (Å²) in [6, 6.07) is 21.7. The van der Waals surface area contributed by atoms with E-state index in [2.05, 4.69) is 21.9 Å². The normalized spacial score (nSPS) is 18.7. The van der Waals surface area contributed by atoms with Gasteiger partial charge in [-0.15, -0.1) is 0 Å². The molecule has 2 saturated heterocycles. The number of carbonyl (C=O) groups is 7. The molecule has 3 saturated carbocycles. The van der Waals surface area contributed by atoms with Gasteiger partial charge in [-0.1, -0.05) is 93.1 Å². The van der Waals surface area contributed by atoms with E-state index in [0.29, 0.717) is 44.8 Å². The predicted molar refractivity (Wildman–Crippen MR) is 290 cm³/mol. The third kappa shape index (κ3) is 16.5. The van der Waals surface area contributed by atoms with Crippen molar-refractivity contribution in [3.63, 3.8) is 0 Å². The Morgan fingerprint density at radius 1 is 0.513 bits per heavy atom. The van der Waals surface area contributed by atoms with Gasteiger partial charge in [0.1, 0.15) is 24.7 Å². The minimum Gasteiger partial charge on any atom is -0.458 e. The average molecular weight is 1080 g/mol. The molecule has 0 radical (unpaired) electrons. The molecule has 422 valence electrons. The second kappa shape index (κ2) is 27.4. The maximum Gasteiger partial charge on any atom is 0.347 e. The number of carbonyl (C=O) groups excluding carboxylic acids is 7. The van der Waals surface area contributed by atoms with Gasteiger partial charge in [0, 0.05) is 71.5 Å². The summed E-state index contributed by atoms with van der Waals surface area (Å²) in [6.45, 7) is 8.55. The van der Waals surface area contributed by atoms with Crippen LogP contribution in [0.25, 0.3) is 0 Å². The van der Waals surface area contributed by atoms with Crippen LogP contribution >= 0.6 is 0 Å². The Bertz CT molecular complexity index is 2510. The van der Waals surface area contributed by atoms with Crippen molar-refractivity contribution < 1.29 is 62.0 Å². The van der Waals surface area contributed by atoms with Gasteiger partial charge in [0.25, 0.3) is 11.8 Å². The zero-order valence-corrected chi connectivity index (χ0v) is 46.1. The molecule has 6 atom stereocenters. The van der Waals surface area contributed by atoms with Crippen molar-refractivity contribution in [3.05, 3.63) is 95.6 Å². The first-order chi connectivity index (χ1) is 37.6. The van der Waals surface area contributed by atoms with Crippen molar-refractivity contribution in [3.8, 4) is 0 Å². The topological polar surface area (TPSA) is 191 Å². The van der Waals surface area contributed by atoms with Crippen LogP contribution in [0, 0.1) is 17.8 Å². The van der Waals surface area contributed by atoms with Crippen molar-refractivity contribution in [1.82, 2.24) is 14.7 Å². The molecule has 0 N–H and O–H groups in total. The molecular weight excluding hydrogens is 999 g/mol. The van der Waals surface area contributed by atoms with Crippen molar-refractivity contribution in [2.75, 3.05) is 83.5 Å². The quantitative estimate of drug-likeness (QED) is 0.0644. The molecule has 3 amide bonds. The third-order valence-electron chi connectivity index (χ3n) is 15.8. The van der Waals surface area contributed by atoms with E-state index < -0.39 is 72.1 Å². The van der Waals surface area contributed by atoms with E-state index in [1.807, 2.05) is 66.7 Å². The molecule has 18 heteroatoms. The van der Waals surface area contributed by atoms with Crippen molar-refractivity contribution in [2.24, 2.45) is 17.8 Å². The van der Waals surface area contributed by atoms with Gasteiger partial charge in [-0.25, -0.2) is 19.2 Å². The molecule has 2 heterocycles. The number of morpholine rings is 2. The molecule has 0 spiro atoms. The van der Waals surface area contributed by atoms with Crippen LogP contribution in [0.5, 0.6) is 0 Å². The lowest BCUT2D eigenvalue weighted by molar-refractivity contribution is -0.175. The number of likely N-dealkylation sites (N-methyl/N-ethyl adjacent to an activating group) is 3. The van der Waals surface area contributed by atoms with Crippen molar-refractivity contribution in [2.45, 2.75) is 134 Å². The lowest BCUT2D eigenvalue weighted by Crippen LogP contribution is -2.53. The number of anilines is 2. The zero-order valence-electron chi connectivity index (χ0n) is 46.1.